The molecule has 1 fully saturated rings. The summed E-state index contributed by atoms with van der Waals surface area (Å²) in [7, 11) is 1.63. The van der Waals surface area contributed by atoms with Gasteiger partial charge in [-0.3, -0.25) is 4.79 Å². The van der Waals surface area contributed by atoms with Crippen LogP contribution in [0, 0.1) is 11.3 Å². The van der Waals surface area contributed by atoms with Crippen LogP contribution in [0.15, 0.2) is 54.6 Å². The first kappa shape index (κ1) is 17.0. The topological polar surface area (TPSA) is 53.3 Å². The largest absolute Gasteiger partial charge is 0.497 e. The number of nitriles is 1. The lowest BCUT2D eigenvalue weighted by atomic mass is 9.82. The molecule has 0 saturated carbocycles. The van der Waals surface area contributed by atoms with Crippen molar-refractivity contribution >= 4 is 5.91 Å². The highest BCUT2D eigenvalue weighted by atomic mass is 16.5. The van der Waals surface area contributed by atoms with Crippen LogP contribution in [-0.4, -0.2) is 30.0 Å². The molecule has 1 unspecified atom stereocenters. The zero-order chi connectivity index (χ0) is 17.7. The predicted molar refractivity (Wildman–Crippen MR) is 96.4 cm³/mol. The van der Waals surface area contributed by atoms with Crippen molar-refractivity contribution in [2.75, 3.05) is 13.7 Å². The number of benzene rings is 2. The van der Waals surface area contributed by atoms with Gasteiger partial charge in [-0.25, -0.2) is 0 Å². The minimum Gasteiger partial charge on any atom is -0.497 e. The average molecular weight is 334 g/mol. The van der Waals surface area contributed by atoms with Crippen LogP contribution in [0.1, 0.15) is 35.2 Å². The smallest absolute Gasteiger partial charge is 0.255 e. The molecule has 25 heavy (non-hydrogen) atoms. The van der Waals surface area contributed by atoms with Gasteiger partial charge in [0, 0.05) is 18.5 Å². The Morgan fingerprint density at radius 3 is 2.72 bits per heavy atom. The Kier molecular flexibility index (Phi) is 5.04. The third-order valence-corrected chi connectivity index (χ3v) is 4.84. The molecule has 4 heteroatoms. The van der Waals surface area contributed by atoms with E-state index in [1.54, 1.807) is 12.0 Å². The van der Waals surface area contributed by atoms with Crippen LogP contribution < -0.4 is 4.74 Å². The Morgan fingerprint density at radius 2 is 2.00 bits per heavy atom. The third kappa shape index (κ3) is 3.51. The Morgan fingerprint density at radius 1 is 1.20 bits per heavy atom. The number of hydrogen-bond donors (Lipinski definition) is 0. The van der Waals surface area contributed by atoms with E-state index in [2.05, 4.69) is 6.07 Å². The maximum Gasteiger partial charge on any atom is 0.255 e. The van der Waals surface area contributed by atoms with Gasteiger partial charge < -0.3 is 9.64 Å². The van der Waals surface area contributed by atoms with Gasteiger partial charge in [0.25, 0.3) is 5.91 Å². The van der Waals surface area contributed by atoms with Gasteiger partial charge in [0.05, 0.1) is 13.2 Å². The fourth-order valence-corrected chi connectivity index (χ4v) is 3.53. The minimum absolute atomic E-state index is 0.0650. The molecular formula is C21H22N2O2. The van der Waals surface area contributed by atoms with Crippen molar-refractivity contribution in [3.05, 3.63) is 65.7 Å². The molecule has 0 spiro atoms. The number of nitrogens with zero attached hydrogens (tertiary/aromatic N) is 2. The molecule has 2 aromatic carbocycles. The molecule has 1 amide bonds. The molecule has 0 radical (unpaired) electrons. The Bertz CT molecular complexity index is 782. The lowest BCUT2D eigenvalue weighted by Crippen LogP contribution is -2.55. The summed E-state index contributed by atoms with van der Waals surface area (Å²) in [6.07, 6.45) is 3.09. The summed E-state index contributed by atoms with van der Waals surface area (Å²) in [5, 5.41) is 10.0. The number of ether oxygens (including phenoxy) is 1. The van der Waals surface area contributed by atoms with E-state index in [0.717, 1.165) is 24.2 Å². The molecule has 1 aliphatic rings. The normalized spacial score (nSPS) is 19.9. The van der Waals surface area contributed by atoms with Crippen molar-refractivity contribution in [3.63, 3.8) is 0 Å². The van der Waals surface area contributed by atoms with Crippen LogP contribution >= 0.6 is 0 Å². The fraction of sp³-hybridized carbons (Fsp3) is 0.333. The van der Waals surface area contributed by atoms with Crippen LogP contribution in [0.5, 0.6) is 5.75 Å². The highest BCUT2D eigenvalue weighted by Gasteiger charge is 2.42. The number of piperidine rings is 1. The van der Waals surface area contributed by atoms with Crippen LogP contribution in [0.3, 0.4) is 0 Å². The van der Waals surface area contributed by atoms with Crippen molar-refractivity contribution in [1.29, 1.82) is 5.26 Å². The van der Waals surface area contributed by atoms with E-state index in [1.807, 2.05) is 54.6 Å². The summed E-state index contributed by atoms with van der Waals surface area (Å²) in [6.45, 7) is 0.616. The second-order valence-electron chi connectivity index (χ2n) is 6.45. The van der Waals surface area contributed by atoms with E-state index in [1.165, 1.54) is 0 Å². The second-order valence-corrected chi connectivity index (χ2v) is 6.45. The van der Waals surface area contributed by atoms with Crippen molar-refractivity contribution in [2.24, 2.45) is 0 Å². The third-order valence-electron chi connectivity index (χ3n) is 4.84. The summed E-state index contributed by atoms with van der Waals surface area (Å²) in [6, 6.07) is 19.4. The Hall–Kier alpha value is -2.80. The molecule has 1 atom stereocenters. The van der Waals surface area contributed by atoms with Crippen LogP contribution in [0.25, 0.3) is 0 Å². The summed E-state index contributed by atoms with van der Waals surface area (Å²) in [4.78, 5) is 14.8. The van der Waals surface area contributed by atoms with Crippen molar-refractivity contribution in [1.82, 2.24) is 4.90 Å². The van der Waals surface area contributed by atoms with E-state index in [-0.39, 0.29) is 5.91 Å². The molecule has 1 heterocycles. The number of methoxy groups -OCH3 is 1. The van der Waals surface area contributed by atoms with E-state index < -0.39 is 5.54 Å². The summed E-state index contributed by atoms with van der Waals surface area (Å²) in [5.41, 5.74) is 0.834. The molecule has 3 rings (SSSR count). The van der Waals surface area contributed by atoms with Crippen LogP contribution in [0.2, 0.25) is 0 Å². The van der Waals surface area contributed by atoms with Gasteiger partial charge in [0.2, 0.25) is 0 Å². The molecule has 128 valence electrons. The number of carbonyl (C=O) groups excluding carboxylic acids is 1. The lowest BCUT2D eigenvalue weighted by molar-refractivity contribution is 0.0480. The van der Waals surface area contributed by atoms with E-state index in [4.69, 9.17) is 4.74 Å². The molecule has 1 aliphatic heterocycles. The maximum absolute atomic E-state index is 13.0. The van der Waals surface area contributed by atoms with E-state index in [9.17, 15) is 10.1 Å². The van der Waals surface area contributed by atoms with Gasteiger partial charge in [-0.05, 0) is 49.1 Å². The highest BCUT2D eigenvalue weighted by Crippen LogP contribution is 2.33. The number of carbonyl (C=O) groups is 1. The zero-order valence-corrected chi connectivity index (χ0v) is 14.4. The van der Waals surface area contributed by atoms with Crippen molar-refractivity contribution in [3.8, 4) is 11.8 Å². The van der Waals surface area contributed by atoms with Crippen molar-refractivity contribution in [2.45, 2.75) is 31.2 Å². The van der Waals surface area contributed by atoms with E-state index in [0.29, 0.717) is 24.9 Å². The van der Waals surface area contributed by atoms with E-state index >= 15 is 0 Å². The number of hydrogen-bond acceptors (Lipinski definition) is 3. The molecule has 4 nitrogen and oxygen atoms in total. The minimum atomic E-state index is -0.808. The van der Waals surface area contributed by atoms with Gasteiger partial charge in [-0.15, -0.1) is 0 Å². The Balaban J connectivity index is 1.93. The monoisotopic (exact) mass is 334 g/mol. The Labute approximate surface area is 148 Å². The van der Waals surface area contributed by atoms with Gasteiger partial charge >= 0.3 is 0 Å². The molecular weight excluding hydrogens is 312 g/mol. The van der Waals surface area contributed by atoms with Crippen LogP contribution in [-0.2, 0) is 6.42 Å². The summed E-state index contributed by atoms with van der Waals surface area (Å²) in [5.74, 6) is 0.701. The summed E-state index contributed by atoms with van der Waals surface area (Å²) < 4.78 is 5.29. The molecule has 0 aliphatic carbocycles. The fourth-order valence-electron chi connectivity index (χ4n) is 3.53. The van der Waals surface area contributed by atoms with Gasteiger partial charge in [0.15, 0.2) is 0 Å². The maximum atomic E-state index is 13.0. The second kappa shape index (κ2) is 7.40. The number of amides is 1. The van der Waals surface area contributed by atoms with Gasteiger partial charge in [-0.1, -0.05) is 30.3 Å². The number of rotatable bonds is 4. The first-order valence-electron chi connectivity index (χ1n) is 8.60. The molecule has 1 saturated heterocycles. The quantitative estimate of drug-likeness (QED) is 0.854. The first-order valence-corrected chi connectivity index (χ1v) is 8.60. The average Bonchev–Trinajstić information content (AvgIpc) is 2.68. The van der Waals surface area contributed by atoms with Crippen LogP contribution in [0.4, 0.5) is 0 Å². The zero-order valence-electron chi connectivity index (χ0n) is 14.4. The SMILES string of the molecule is COc1cccc(CC2(C#N)CCCCN2C(=O)c2ccccc2)c1. The molecule has 0 aromatic heterocycles. The highest BCUT2D eigenvalue weighted by molar-refractivity contribution is 5.95. The summed E-state index contributed by atoms with van der Waals surface area (Å²) >= 11 is 0. The molecule has 0 bridgehead atoms. The first-order chi connectivity index (χ1) is 12.2. The number of likely N-dealkylation sites (tertiary alicyclic amines) is 1. The standard InChI is InChI=1S/C21H22N2O2/c1-25-19-11-7-8-17(14-19)15-21(16-22)12-5-6-13-23(21)20(24)18-9-3-2-4-10-18/h2-4,7-11,14H,5-6,12-13,15H2,1H3. The lowest BCUT2D eigenvalue weighted by Gasteiger charge is -2.42. The predicted octanol–water partition coefficient (Wildman–Crippen LogP) is 3.83. The van der Waals surface area contributed by atoms with Crippen molar-refractivity contribution < 1.29 is 9.53 Å². The molecule has 0 N–H and O–H groups in total. The van der Waals surface area contributed by atoms with Gasteiger partial charge in [0.1, 0.15) is 11.3 Å². The molecule has 2 aromatic rings. The van der Waals surface area contributed by atoms with Gasteiger partial charge in [-0.2, -0.15) is 5.26 Å².